The fourth-order valence-corrected chi connectivity index (χ4v) is 2.70. The van der Waals surface area contributed by atoms with E-state index in [2.05, 4.69) is 48.0 Å². The number of rotatable bonds is 1. The Bertz CT molecular complexity index is 555. The van der Waals surface area contributed by atoms with Crippen molar-refractivity contribution in [3.8, 4) is 0 Å². The summed E-state index contributed by atoms with van der Waals surface area (Å²) in [5, 5.41) is 1.32. The van der Waals surface area contributed by atoms with Gasteiger partial charge < -0.3 is 4.74 Å². The van der Waals surface area contributed by atoms with Crippen molar-refractivity contribution in [2.75, 3.05) is 6.61 Å². The zero-order valence-electron chi connectivity index (χ0n) is 9.77. The van der Waals surface area contributed by atoms with Crippen molar-refractivity contribution >= 4 is 22.5 Å². The van der Waals surface area contributed by atoms with Crippen molar-refractivity contribution in [2.24, 2.45) is 0 Å². The van der Waals surface area contributed by atoms with Gasteiger partial charge in [0.15, 0.2) is 6.20 Å². The summed E-state index contributed by atoms with van der Waals surface area (Å²) in [6.07, 6.45) is 2.95. The van der Waals surface area contributed by atoms with Gasteiger partial charge >= 0.3 is 0 Å². The Balaban J connectivity index is 2.20. The van der Waals surface area contributed by atoms with Gasteiger partial charge in [0.05, 0.1) is 6.61 Å². The van der Waals surface area contributed by atoms with Crippen LogP contribution in [0, 0.1) is 6.92 Å². The van der Waals surface area contributed by atoms with Gasteiger partial charge in [-0.3, -0.25) is 0 Å². The second kappa shape index (κ2) is 4.28. The van der Waals surface area contributed by atoms with Crippen molar-refractivity contribution in [1.82, 2.24) is 0 Å². The first kappa shape index (κ1) is 11.0. The molecule has 0 radical (unpaired) electrons. The van der Waals surface area contributed by atoms with Gasteiger partial charge in [0.2, 0.25) is 5.52 Å². The average Bonchev–Trinajstić information content (AvgIpc) is 2.77. The molecule has 3 rings (SSSR count). The van der Waals surface area contributed by atoms with Crippen LogP contribution in [-0.4, -0.2) is 12.0 Å². The second-order valence-corrected chi connectivity index (χ2v) is 5.05. The minimum absolute atomic E-state index is 0.0397. The number of hydrogen-bond donors (Lipinski definition) is 0. The molecule has 3 heteroatoms. The second-order valence-electron chi connectivity index (χ2n) is 4.49. The molecule has 2 atom stereocenters. The molecule has 1 fully saturated rings. The molecule has 2 unspecified atom stereocenters. The van der Waals surface area contributed by atoms with Crippen molar-refractivity contribution in [2.45, 2.75) is 24.9 Å². The lowest BCUT2D eigenvalue weighted by Crippen LogP contribution is -2.43. The Hall–Kier alpha value is -1.12. The lowest BCUT2D eigenvalue weighted by molar-refractivity contribution is -0.734. The SMILES string of the molecule is Cc1cc[n+](C2OCCC2Cl)c2ccccc12. The van der Waals surface area contributed by atoms with E-state index < -0.39 is 0 Å². The molecular formula is C14H15ClNO+. The highest BCUT2D eigenvalue weighted by molar-refractivity contribution is 6.20. The molecular weight excluding hydrogens is 234 g/mol. The molecule has 0 amide bonds. The predicted molar refractivity (Wildman–Crippen MR) is 68.1 cm³/mol. The van der Waals surface area contributed by atoms with E-state index in [4.69, 9.17) is 16.3 Å². The Morgan fingerprint density at radius 1 is 1.29 bits per heavy atom. The molecule has 2 nitrogen and oxygen atoms in total. The first-order valence-electron chi connectivity index (χ1n) is 5.92. The molecule has 2 heterocycles. The molecule has 0 spiro atoms. The summed E-state index contributed by atoms with van der Waals surface area (Å²) < 4.78 is 7.88. The number of aromatic nitrogens is 1. The summed E-state index contributed by atoms with van der Waals surface area (Å²) in [7, 11) is 0. The summed E-state index contributed by atoms with van der Waals surface area (Å²) in [6, 6.07) is 10.5. The van der Waals surface area contributed by atoms with Gasteiger partial charge in [0, 0.05) is 17.5 Å². The fourth-order valence-electron chi connectivity index (χ4n) is 2.42. The van der Waals surface area contributed by atoms with E-state index in [1.807, 2.05) is 0 Å². The van der Waals surface area contributed by atoms with Gasteiger partial charge in [-0.2, -0.15) is 4.57 Å². The molecule has 1 aromatic heterocycles. The van der Waals surface area contributed by atoms with E-state index >= 15 is 0 Å². The lowest BCUT2D eigenvalue weighted by atomic mass is 10.1. The van der Waals surface area contributed by atoms with Crippen molar-refractivity contribution in [3.05, 3.63) is 42.1 Å². The molecule has 0 saturated carbocycles. The van der Waals surface area contributed by atoms with Gasteiger partial charge in [-0.05, 0) is 25.0 Å². The number of ether oxygens (including phenoxy) is 1. The van der Waals surface area contributed by atoms with Crippen LogP contribution in [0.3, 0.4) is 0 Å². The lowest BCUT2D eigenvalue weighted by Gasteiger charge is -2.11. The maximum atomic E-state index is 6.31. The molecule has 1 aliphatic rings. The Morgan fingerprint density at radius 3 is 2.88 bits per heavy atom. The van der Waals surface area contributed by atoms with E-state index in [0.29, 0.717) is 0 Å². The largest absolute Gasteiger partial charge is 0.320 e. The molecule has 88 valence electrons. The van der Waals surface area contributed by atoms with Crippen LogP contribution >= 0.6 is 11.6 Å². The quantitative estimate of drug-likeness (QED) is 0.559. The smallest absolute Gasteiger partial charge is 0.279 e. The third-order valence-electron chi connectivity index (χ3n) is 3.36. The molecule has 1 aromatic carbocycles. The standard InChI is InChI=1S/C14H15ClNO/c1-10-6-8-16(14-12(15)7-9-17-14)13-5-3-2-4-11(10)13/h2-6,8,12,14H,7,9H2,1H3/q+1. The van der Waals surface area contributed by atoms with E-state index in [9.17, 15) is 0 Å². The zero-order chi connectivity index (χ0) is 11.8. The van der Waals surface area contributed by atoms with Gasteiger partial charge in [0.25, 0.3) is 6.23 Å². The Morgan fingerprint density at radius 2 is 2.12 bits per heavy atom. The average molecular weight is 249 g/mol. The Kier molecular flexibility index (Phi) is 2.77. The summed E-state index contributed by atoms with van der Waals surface area (Å²) in [4.78, 5) is 0. The highest BCUT2D eigenvalue weighted by Crippen LogP contribution is 2.26. The molecule has 0 aliphatic carbocycles. The monoisotopic (exact) mass is 248 g/mol. The first-order valence-corrected chi connectivity index (χ1v) is 6.36. The highest BCUT2D eigenvalue weighted by Gasteiger charge is 2.35. The summed E-state index contributed by atoms with van der Waals surface area (Å²) in [6.45, 7) is 2.87. The maximum absolute atomic E-state index is 6.31. The molecule has 0 N–H and O–H groups in total. The minimum atomic E-state index is -0.0397. The Labute approximate surface area is 106 Å². The minimum Gasteiger partial charge on any atom is -0.320 e. The van der Waals surface area contributed by atoms with Crippen molar-refractivity contribution < 1.29 is 9.30 Å². The molecule has 17 heavy (non-hydrogen) atoms. The van der Waals surface area contributed by atoms with Crippen LogP contribution in [0.15, 0.2) is 36.5 Å². The number of benzene rings is 1. The predicted octanol–water partition coefficient (Wildman–Crippen LogP) is 2.96. The number of hydrogen-bond acceptors (Lipinski definition) is 1. The molecule has 1 aliphatic heterocycles. The zero-order valence-corrected chi connectivity index (χ0v) is 10.5. The summed E-state index contributed by atoms with van der Waals surface area (Å²) in [5.41, 5.74) is 2.46. The third-order valence-corrected chi connectivity index (χ3v) is 3.79. The number of fused-ring (bicyclic) bond motifs is 1. The molecule has 1 saturated heterocycles. The van der Waals surface area contributed by atoms with Crippen LogP contribution < -0.4 is 4.57 Å². The first-order chi connectivity index (χ1) is 8.27. The number of nitrogens with zero attached hydrogens (tertiary/aromatic N) is 1. The van der Waals surface area contributed by atoms with E-state index in [1.54, 1.807) is 0 Å². The van der Waals surface area contributed by atoms with Crippen molar-refractivity contribution in [1.29, 1.82) is 0 Å². The van der Waals surface area contributed by atoms with Crippen LogP contribution in [-0.2, 0) is 4.74 Å². The molecule has 0 bridgehead atoms. The number of pyridine rings is 1. The van der Waals surface area contributed by atoms with Gasteiger partial charge in [-0.15, -0.1) is 11.6 Å². The summed E-state index contributed by atoms with van der Waals surface area (Å²) >= 11 is 6.31. The number of aryl methyl sites for hydroxylation is 1. The van der Waals surface area contributed by atoms with Crippen LogP contribution in [0.25, 0.3) is 10.9 Å². The maximum Gasteiger partial charge on any atom is 0.279 e. The number of para-hydroxylation sites is 1. The van der Waals surface area contributed by atoms with Gasteiger partial charge in [-0.1, -0.05) is 12.1 Å². The van der Waals surface area contributed by atoms with Crippen LogP contribution in [0.5, 0.6) is 0 Å². The molecule has 2 aromatic rings. The van der Waals surface area contributed by atoms with E-state index in [0.717, 1.165) is 13.0 Å². The van der Waals surface area contributed by atoms with Crippen molar-refractivity contribution in [3.63, 3.8) is 0 Å². The highest BCUT2D eigenvalue weighted by atomic mass is 35.5. The van der Waals surface area contributed by atoms with Crippen LogP contribution in [0.2, 0.25) is 0 Å². The summed E-state index contributed by atoms with van der Waals surface area (Å²) in [5.74, 6) is 0. The topological polar surface area (TPSA) is 13.1 Å². The normalized spacial score (nSPS) is 24.4. The van der Waals surface area contributed by atoms with E-state index in [-0.39, 0.29) is 11.6 Å². The van der Waals surface area contributed by atoms with E-state index in [1.165, 1.54) is 16.5 Å². The number of alkyl halides is 1. The third kappa shape index (κ3) is 1.81. The van der Waals surface area contributed by atoms with Crippen LogP contribution in [0.1, 0.15) is 18.2 Å². The number of halogens is 1. The van der Waals surface area contributed by atoms with Gasteiger partial charge in [-0.25, -0.2) is 0 Å². The van der Waals surface area contributed by atoms with Gasteiger partial charge in [0.1, 0.15) is 5.38 Å². The fraction of sp³-hybridized carbons (Fsp3) is 0.357. The van der Waals surface area contributed by atoms with Crippen LogP contribution in [0.4, 0.5) is 0 Å².